The van der Waals surface area contributed by atoms with Gasteiger partial charge >= 0.3 is 0 Å². The molecule has 2 aromatic rings. The molecule has 19 heavy (non-hydrogen) atoms. The Bertz CT molecular complexity index is 588. The zero-order valence-corrected chi connectivity index (χ0v) is 10.2. The molecule has 0 atom stereocenters. The van der Waals surface area contributed by atoms with E-state index in [2.05, 4.69) is 10.5 Å². The lowest BCUT2D eigenvalue weighted by molar-refractivity contribution is -0.122. The van der Waals surface area contributed by atoms with E-state index in [4.69, 9.17) is 4.52 Å². The molecule has 0 bridgehead atoms. The minimum absolute atomic E-state index is 0.0753. The van der Waals surface area contributed by atoms with Gasteiger partial charge in [0, 0.05) is 17.5 Å². The maximum absolute atomic E-state index is 12.8. The number of amides is 1. The fraction of sp³-hybridized carbons (Fsp3) is 0.286. The van der Waals surface area contributed by atoms with Crippen LogP contribution < -0.4 is 5.32 Å². The Labute approximate surface area is 109 Å². The van der Waals surface area contributed by atoms with E-state index < -0.39 is 0 Å². The van der Waals surface area contributed by atoms with Crippen molar-refractivity contribution in [1.82, 2.24) is 10.5 Å². The molecule has 0 spiro atoms. The smallest absolute Gasteiger partial charge is 0.223 e. The SMILES string of the molecule is O=C(NCc1cc(-c2ccc(F)cc2)on1)C1CC1. The number of aromatic nitrogens is 1. The van der Waals surface area contributed by atoms with Crippen molar-refractivity contribution in [3.8, 4) is 11.3 Å². The van der Waals surface area contributed by atoms with Crippen LogP contribution in [0.5, 0.6) is 0 Å². The lowest BCUT2D eigenvalue weighted by Gasteiger charge is -1.99. The summed E-state index contributed by atoms with van der Waals surface area (Å²) < 4.78 is 18.0. The Hall–Kier alpha value is -2.17. The predicted molar refractivity (Wildman–Crippen MR) is 66.5 cm³/mol. The Balaban J connectivity index is 1.65. The number of carbonyl (C=O) groups excluding carboxylic acids is 1. The normalized spacial score (nSPS) is 14.4. The molecule has 1 amide bonds. The molecule has 1 aromatic carbocycles. The van der Waals surface area contributed by atoms with E-state index in [9.17, 15) is 9.18 Å². The van der Waals surface area contributed by atoms with Gasteiger partial charge in [-0.2, -0.15) is 0 Å². The van der Waals surface area contributed by atoms with E-state index in [1.165, 1.54) is 12.1 Å². The first-order chi connectivity index (χ1) is 9.22. The molecule has 1 heterocycles. The molecule has 1 saturated carbocycles. The van der Waals surface area contributed by atoms with Crippen LogP contribution in [0.25, 0.3) is 11.3 Å². The van der Waals surface area contributed by atoms with E-state index >= 15 is 0 Å². The second-order valence-electron chi connectivity index (χ2n) is 4.68. The Morgan fingerprint density at radius 2 is 2.11 bits per heavy atom. The monoisotopic (exact) mass is 260 g/mol. The van der Waals surface area contributed by atoms with Crippen LogP contribution in [-0.4, -0.2) is 11.1 Å². The van der Waals surface area contributed by atoms with E-state index in [1.54, 1.807) is 18.2 Å². The molecular formula is C14H13FN2O2. The molecular weight excluding hydrogens is 247 g/mol. The fourth-order valence-corrected chi connectivity index (χ4v) is 1.81. The third kappa shape index (κ3) is 2.81. The average molecular weight is 260 g/mol. The summed E-state index contributed by atoms with van der Waals surface area (Å²) in [6, 6.07) is 7.74. The van der Waals surface area contributed by atoms with Gasteiger partial charge in [0.2, 0.25) is 5.91 Å². The van der Waals surface area contributed by atoms with Gasteiger partial charge in [-0.1, -0.05) is 5.16 Å². The van der Waals surface area contributed by atoms with Crippen molar-refractivity contribution in [3.05, 3.63) is 41.8 Å². The molecule has 5 heteroatoms. The summed E-state index contributed by atoms with van der Waals surface area (Å²) in [5.41, 5.74) is 1.42. The highest BCUT2D eigenvalue weighted by Crippen LogP contribution is 2.28. The molecule has 1 aliphatic carbocycles. The number of rotatable bonds is 4. The van der Waals surface area contributed by atoms with Crippen LogP contribution in [0, 0.1) is 11.7 Å². The molecule has 0 aliphatic heterocycles. The highest BCUT2D eigenvalue weighted by Gasteiger charge is 2.29. The summed E-state index contributed by atoms with van der Waals surface area (Å²) in [6.07, 6.45) is 1.96. The van der Waals surface area contributed by atoms with Gasteiger partial charge in [-0.3, -0.25) is 4.79 Å². The van der Waals surface area contributed by atoms with Crippen molar-refractivity contribution in [1.29, 1.82) is 0 Å². The molecule has 1 fully saturated rings. The van der Waals surface area contributed by atoms with E-state index in [-0.39, 0.29) is 17.6 Å². The van der Waals surface area contributed by atoms with Crippen LogP contribution >= 0.6 is 0 Å². The van der Waals surface area contributed by atoms with Gasteiger partial charge in [0.05, 0.1) is 6.54 Å². The number of hydrogen-bond acceptors (Lipinski definition) is 3. The van der Waals surface area contributed by atoms with Gasteiger partial charge < -0.3 is 9.84 Å². The molecule has 0 unspecified atom stereocenters. The zero-order chi connectivity index (χ0) is 13.2. The van der Waals surface area contributed by atoms with Gasteiger partial charge in [-0.05, 0) is 37.1 Å². The van der Waals surface area contributed by atoms with Crippen molar-refractivity contribution < 1.29 is 13.7 Å². The van der Waals surface area contributed by atoms with Crippen molar-refractivity contribution in [2.45, 2.75) is 19.4 Å². The first kappa shape index (κ1) is 11.9. The van der Waals surface area contributed by atoms with Gasteiger partial charge in [0.15, 0.2) is 5.76 Å². The lowest BCUT2D eigenvalue weighted by Crippen LogP contribution is -2.24. The third-order valence-corrected chi connectivity index (χ3v) is 3.08. The first-order valence-corrected chi connectivity index (χ1v) is 6.21. The molecule has 1 N–H and O–H groups in total. The quantitative estimate of drug-likeness (QED) is 0.919. The van der Waals surface area contributed by atoms with Gasteiger partial charge in [0.25, 0.3) is 0 Å². The minimum Gasteiger partial charge on any atom is -0.356 e. The summed E-state index contributed by atoms with van der Waals surface area (Å²) in [5.74, 6) is 0.533. The first-order valence-electron chi connectivity index (χ1n) is 6.21. The second kappa shape index (κ2) is 4.84. The van der Waals surface area contributed by atoms with Crippen LogP contribution in [0.15, 0.2) is 34.9 Å². The molecule has 0 saturated heterocycles. The number of carbonyl (C=O) groups is 1. The minimum atomic E-state index is -0.291. The summed E-state index contributed by atoms with van der Waals surface area (Å²) in [4.78, 5) is 11.5. The number of nitrogens with zero attached hydrogens (tertiary/aromatic N) is 1. The number of halogens is 1. The Morgan fingerprint density at radius 3 is 2.79 bits per heavy atom. The van der Waals surface area contributed by atoms with Crippen LogP contribution in [0.3, 0.4) is 0 Å². The van der Waals surface area contributed by atoms with Crippen molar-refractivity contribution in [2.24, 2.45) is 5.92 Å². The molecule has 3 rings (SSSR count). The summed E-state index contributed by atoms with van der Waals surface area (Å²) >= 11 is 0. The van der Waals surface area contributed by atoms with Crippen molar-refractivity contribution >= 4 is 5.91 Å². The van der Waals surface area contributed by atoms with E-state index in [1.807, 2.05) is 0 Å². The largest absolute Gasteiger partial charge is 0.356 e. The predicted octanol–water partition coefficient (Wildman–Crippen LogP) is 2.51. The maximum Gasteiger partial charge on any atom is 0.223 e. The van der Waals surface area contributed by atoms with Crippen LogP contribution in [0.2, 0.25) is 0 Å². The molecule has 1 aromatic heterocycles. The Morgan fingerprint density at radius 1 is 1.37 bits per heavy atom. The number of nitrogens with one attached hydrogen (secondary N) is 1. The molecule has 98 valence electrons. The van der Waals surface area contributed by atoms with Gasteiger partial charge in [-0.15, -0.1) is 0 Å². The van der Waals surface area contributed by atoms with E-state index in [0.29, 0.717) is 18.0 Å². The van der Waals surface area contributed by atoms with Gasteiger partial charge in [-0.25, -0.2) is 4.39 Å². The fourth-order valence-electron chi connectivity index (χ4n) is 1.81. The second-order valence-corrected chi connectivity index (χ2v) is 4.68. The zero-order valence-electron chi connectivity index (χ0n) is 10.2. The van der Waals surface area contributed by atoms with Crippen LogP contribution in [0.4, 0.5) is 4.39 Å². The summed E-state index contributed by atoms with van der Waals surface area (Å²) in [6.45, 7) is 0.361. The summed E-state index contributed by atoms with van der Waals surface area (Å²) in [5, 5.41) is 6.70. The van der Waals surface area contributed by atoms with Crippen molar-refractivity contribution in [2.75, 3.05) is 0 Å². The average Bonchev–Trinajstić information content (AvgIpc) is 3.16. The van der Waals surface area contributed by atoms with Gasteiger partial charge in [0.1, 0.15) is 11.5 Å². The maximum atomic E-state index is 12.8. The van der Waals surface area contributed by atoms with E-state index in [0.717, 1.165) is 18.4 Å². The van der Waals surface area contributed by atoms with Crippen molar-refractivity contribution in [3.63, 3.8) is 0 Å². The molecule has 4 nitrogen and oxygen atoms in total. The Kier molecular flexibility index (Phi) is 3.03. The molecule has 1 aliphatic rings. The van der Waals surface area contributed by atoms with Crippen LogP contribution in [-0.2, 0) is 11.3 Å². The van der Waals surface area contributed by atoms with Crippen LogP contribution in [0.1, 0.15) is 18.5 Å². The summed E-state index contributed by atoms with van der Waals surface area (Å²) in [7, 11) is 0. The number of benzene rings is 1. The topological polar surface area (TPSA) is 55.1 Å². The number of hydrogen-bond donors (Lipinski definition) is 1. The lowest BCUT2D eigenvalue weighted by atomic mass is 10.1. The standard InChI is InChI=1S/C14H13FN2O2/c15-11-5-3-9(4-6-11)13-7-12(17-19-13)8-16-14(18)10-1-2-10/h3-7,10H,1-2,8H2,(H,16,18). The highest BCUT2D eigenvalue weighted by atomic mass is 19.1. The third-order valence-electron chi connectivity index (χ3n) is 3.08. The highest BCUT2D eigenvalue weighted by molar-refractivity contribution is 5.80. The molecule has 0 radical (unpaired) electrons.